The first-order chi connectivity index (χ1) is 8.08. The Morgan fingerprint density at radius 3 is 2.53 bits per heavy atom. The summed E-state index contributed by atoms with van der Waals surface area (Å²) in [6, 6.07) is 8.42. The summed E-state index contributed by atoms with van der Waals surface area (Å²) in [5, 5.41) is 9.89. The third-order valence-corrected chi connectivity index (χ3v) is 3.70. The maximum Gasteiger partial charge on any atom is 0.0741 e. The predicted octanol–water partition coefficient (Wildman–Crippen LogP) is 1.91. The highest BCUT2D eigenvalue weighted by atomic mass is 16.3. The van der Waals surface area contributed by atoms with E-state index in [-0.39, 0.29) is 12.1 Å². The predicted molar refractivity (Wildman–Crippen MR) is 71.0 cm³/mol. The zero-order valence-electron chi connectivity index (χ0n) is 10.6. The van der Waals surface area contributed by atoms with Gasteiger partial charge in [-0.2, -0.15) is 0 Å². The molecule has 1 aromatic carbocycles. The molecule has 0 aliphatic carbocycles. The van der Waals surface area contributed by atoms with Crippen LogP contribution in [0.4, 0.5) is 5.69 Å². The van der Waals surface area contributed by atoms with E-state index in [1.54, 1.807) is 0 Å². The topological polar surface area (TPSA) is 49.5 Å². The van der Waals surface area contributed by atoms with Gasteiger partial charge in [0.2, 0.25) is 0 Å². The van der Waals surface area contributed by atoms with Crippen LogP contribution >= 0.6 is 0 Å². The molecule has 3 heteroatoms. The number of hydrogen-bond donors (Lipinski definition) is 2. The molecule has 1 fully saturated rings. The molecule has 0 saturated carbocycles. The normalized spacial score (nSPS) is 26.9. The van der Waals surface area contributed by atoms with E-state index in [1.165, 1.54) is 5.69 Å². The average molecular weight is 234 g/mol. The Balaban J connectivity index is 2.07. The summed E-state index contributed by atoms with van der Waals surface area (Å²) in [6.45, 7) is 5.86. The van der Waals surface area contributed by atoms with Gasteiger partial charge >= 0.3 is 0 Å². The summed E-state index contributed by atoms with van der Waals surface area (Å²) in [5.74, 6) is 0.412. The van der Waals surface area contributed by atoms with Crippen molar-refractivity contribution in [3.05, 3.63) is 29.8 Å². The summed E-state index contributed by atoms with van der Waals surface area (Å²) >= 11 is 0. The molecule has 1 aliphatic rings. The molecule has 0 radical (unpaired) electrons. The van der Waals surface area contributed by atoms with Crippen LogP contribution in [0.25, 0.3) is 0 Å². The number of nitrogens with two attached hydrogens (primary N) is 1. The molecular formula is C14H22N2O. The number of rotatable bonds is 2. The van der Waals surface area contributed by atoms with Crippen molar-refractivity contribution in [1.29, 1.82) is 0 Å². The zero-order valence-corrected chi connectivity index (χ0v) is 10.6. The van der Waals surface area contributed by atoms with Crippen molar-refractivity contribution in [2.24, 2.45) is 11.7 Å². The van der Waals surface area contributed by atoms with Crippen molar-refractivity contribution in [2.45, 2.75) is 32.4 Å². The maximum absolute atomic E-state index is 9.89. The van der Waals surface area contributed by atoms with Crippen molar-refractivity contribution in [2.75, 3.05) is 18.0 Å². The summed E-state index contributed by atoms with van der Waals surface area (Å²) < 4.78 is 0. The van der Waals surface area contributed by atoms with Crippen LogP contribution in [-0.2, 0) is 0 Å². The minimum atomic E-state index is -0.211. The highest BCUT2D eigenvalue weighted by Crippen LogP contribution is 2.24. The van der Waals surface area contributed by atoms with E-state index in [0.717, 1.165) is 25.1 Å². The van der Waals surface area contributed by atoms with E-state index in [9.17, 15) is 5.11 Å². The van der Waals surface area contributed by atoms with Gasteiger partial charge in [-0.25, -0.2) is 0 Å². The van der Waals surface area contributed by atoms with Crippen LogP contribution in [0.15, 0.2) is 24.3 Å². The molecule has 3 atom stereocenters. The molecule has 1 saturated heterocycles. The van der Waals surface area contributed by atoms with Crippen molar-refractivity contribution in [3.63, 3.8) is 0 Å². The lowest BCUT2D eigenvalue weighted by Gasteiger charge is -2.36. The fourth-order valence-electron chi connectivity index (χ4n) is 2.27. The van der Waals surface area contributed by atoms with Crippen LogP contribution in [0.3, 0.4) is 0 Å². The minimum absolute atomic E-state index is 0.0796. The Hall–Kier alpha value is -1.06. The van der Waals surface area contributed by atoms with Crippen molar-refractivity contribution in [1.82, 2.24) is 0 Å². The average Bonchev–Trinajstić information content (AvgIpc) is 2.33. The van der Waals surface area contributed by atoms with Crippen molar-refractivity contribution >= 4 is 5.69 Å². The number of benzene rings is 1. The van der Waals surface area contributed by atoms with E-state index < -0.39 is 0 Å². The molecule has 1 heterocycles. The highest BCUT2D eigenvalue weighted by molar-refractivity contribution is 5.48. The minimum Gasteiger partial charge on any atom is -0.391 e. The molecule has 0 bridgehead atoms. The van der Waals surface area contributed by atoms with Gasteiger partial charge in [0.1, 0.15) is 0 Å². The standard InChI is InChI=1S/C14H22N2O/c1-10-7-8-16(9-14(10)17)13-5-3-12(4-6-13)11(2)15/h3-6,10-11,14,17H,7-9,15H2,1-2H3. The van der Waals surface area contributed by atoms with Gasteiger partial charge in [-0.1, -0.05) is 19.1 Å². The van der Waals surface area contributed by atoms with Crippen LogP contribution in [0.2, 0.25) is 0 Å². The molecule has 2 rings (SSSR count). The monoisotopic (exact) mass is 234 g/mol. The Bertz CT molecular complexity index is 361. The Kier molecular flexibility index (Phi) is 3.69. The molecule has 3 unspecified atom stereocenters. The van der Waals surface area contributed by atoms with Gasteiger partial charge in [-0.05, 0) is 37.0 Å². The fourth-order valence-corrected chi connectivity index (χ4v) is 2.27. The lowest BCUT2D eigenvalue weighted by atomic mass is 9.95. The number of piperidine rings is 1. The Morgan fingerprint density at radius 1 is 1.35 bits per heavy atom. The first kappa shape index (κ1) is 12.4. The number of nitrogens with zero attached hydrogens (tertiary/aromatic N) is 1. The molecule has 3 N–H and O–H groups in total. The van der Waals surface area contributed by atoms with Crippen LogP contribution in [0.1, 0.15) is 31.9 Å². The third kappa shape index (κ3) is 2.79. The van der Waals surface area contributed by atoms with Crippen molar-refractivity contribution < 1.29 is 5.11 Å². The summed E-state index contributed by atoms with van der Waals surface area (Å²) in [5.41, 5.74) is 8.16. The van der Waals surface area contributed by atoms with E-state index in [0.29, 0.717) is 5.92 Å². The SMILES string of the molecule is CC(N)c1ccc(N2CCC(C)C(O)C2)cc1. The second-order valence-corrected chi connectivity index (χ2v) is 5.16. The lowest BCUT2D eigenvalue weighted by Crippen LogP contribution is -2.42. The maximum atomic E-state index is 9.89. The number of hydrogen-bond acceptors (Lipinski definition) is 3. The number of β-amino-alcohol motifs (C(OH)–C–C–N with tert-alkyl or cyclic N) is 1. The van der Waals surface area contributed by atoms with E-state index >= 15 is 0 Å². The molecule has 0 aromatic heterocycles. The van der Waals surface area contributed by atoms with E-state index in [2.05, 4.69) is 36.1 Å². The first-order valence-electron chi connectivity index (χ1n) is 6.36. The van der Waals surface area contributed by atoms with E-state index in [1.807, 2.05) is 6.92 Å². The lowest BCUT2D eigenvalue weighted by molar-refractivity contribution is 0.103. The molecule has 1 aromatic rings. The summed E-state index contributed by atoms with van der Waals surface area (Å²) in [4.78, 5) is 2.25. The van der Waals surface area contributed by atoms with Gasteiger partial charge in [-0.3, -0.25) is 0 Å². The van der Waals surface area contributed by atoms with Crippen LogP contribution in [0, 0.1) is 5.92 Å². The van der Waals surface area contributed by atoms with Gasteiger partial charge in [0.25, 0.3) is 0 Å². The van der Waals surface area contributed by atoms with Gasteiger partial charge in [0, 0.05) is 24.8 Å². The number of anilines is 1. The second-order valence-electron chi connectivity index (χ2n) is 5.16. The molecule has 3 nitrogen and oxygen atoms in total. The molecular weight excluding hydrogens is 212 g/mol. The quantitative estimate of drug-likeness (QED) is 0.822. The Labute approximate surface area is 103 Å². The van der Waals surface area contributed by atoms with Crippen LogP contribution in [-0.4, -0.2) is 24.3 Å². The molecule has 1 aliphatic heterocycles. The Morgan fingerprint density at radius 2 is 2.00 bits per heavy atom. The first-order valence-corrected chi connectivity index (χ1v) is 6.36. The van der Waals surface area contributed by atoms with Crippen LogP contribution < -0.4 is 10.6 Å². The third-order valence-electron chi connectivity index (χ3n) is 3.70. The van der Waals surface area contributed by atoms with Crippen LogP contribution in [0.5, 0.6) is 0 Å². The highest BCUT2D eigenvalue weighted by Gasteiger charge is 2.24. The van der Waals surface area contributed by atoms with Gasteiger partial charge in [0.15, 0.2) is 0 Å². The largest absolute Gasteiger partial charge is 0.391 e. The van der Waals surface area contributed by atoms with Crippen molar-refractivity contribution in [3.8, 4) is 0 Å². The smallest absolute Gasteiger partial charge is 0.0741 e. The molecule has 94 valence electrons. The fraction of sp³-hybridized carbons (Fsp3) is 0.571. The number of aliphatic hydroxyl groups excluding tert-OH is 1. The van der Waals surface area contributed by atoms with Gasteiger partial charge in [0.05, 0.1) is 6.10 Å². The number of aliphatic hydroxyl groups is 1. The zero-order chi connectivity index (χ0) is 12.4. The summed E-state index contributed by atoms with van der Waals surface area (Å²) in [6.07, 6.45) is 0.841. The van der Waals surface area contributed by atoms with Gasteiger partial charge < -0.3 is 15.7 Å². The summed E-state index contributed by atoms with van der Waals surface area (Å²) in [7, 11) is 0. The molecule has 0 spiro atoms. The van der Waals surface area contributed by atoms with E-state index in [4.69, 9.17) is 5.73 Å². The van der Waals surface area contributed by atoms with Gasteiger partial charge in [-0.15, -0.1) is 0 Å². The second kappa shape index (κ2) is 5.07. The molecule has 0 amide bonds. The molecule has 17 heavy (non-hydrogen) atoms.